The van der Waals surface area contributed by atoms with Crippen LogP contribution in [0.25, 0.3) is 0 Å². The normalized spacial score (nSPS) is 10.9. The molecule has 0 N–H and O–H groups in total. The highest BCUT2D eigenvalue weighted by atomic mass is 79.9. The summed E-state index contributed by atoms with van der Waals surface area (Å²) in [6, 6.07) is 6.07. The maximum Gasteiger partial charge on any atom is 0.119 e. The Labute approximate surface area is 118 Å². The van der Waals surface area contributed by atoms with Crippen molar-refractivity contribution in [1.29, 1.82) is 0 Å². The third-order valence-corrected chi connectivity index (χ3v) is 3.62. The molecule has 4 heteroatoms. The van der Waals surface area contributed by atoms with Crippen molar-refractivity contribution in [2.45, 2.75) is 20.4 Å². The number of benzene rings is 1. The molecule has 1 aromatic rings. The number of ether oxygens (including phenoxy) is 2. The molecule has 0 spiro atoms. The van der Waals surface area contributed by atoms with Gasteiger partial charge in [0.1, 0.15) is 5.75 Å². The van der Waals surface area contributed by atoms with E-state index in [0.29, 0.717) is 0 Å². The van der Waals surface area contributed by atoms with Crippen molar-refractivity contribution >= 4 is 15.9 Å². The number of rotatable bonds is 8. The van der Waals surface area contributed by atoms with Gasteiger partial charge in [-0.05, 0) is 37.2 Å². The molecule has 0 heterocycles. The highest BCUT2D eigenvalue weighted by molar-refractivity contribution is 9.10. The van der Waals surface area contributed by atoms with Crippen molar-refractivity contribution in [2.75, 3.05) is 33.4 Å². The van der Waals surface area contributed by atoms with Gasteiger partial charge in [-0.3, -0.25) is 4.90 Å². The molecule has 0 amide bonds. The zero-order chi connectivity index (χ0) is 13.4. The molecule has 0 atom stereocenters. The summed E-state index contributed by atoms with van der Waals surface area (Å²) in [5.74, 6) is 0.897. The zero-order valence-electron chi connectivity index (χ0n) is 11.4. The van der Waals surface area contributed by atoms with E-state index in [1.54, 1.807) is 7.11 Å². The fraction of sp³-hybridized carbons (Fsp3) is 0.571. The second-order valence-electron chi connectivity index (χ2n) is 4.02. The summed E-state index contributed by atoms with van der Waals surface area (Å²) in [7, 11) is 1.69. The van der Waals surface area contributed by atoms with Crippen molar-refractivity contribution in [3.8, 4) is 5.75 Å². The van der Waals surface area contributed by atoms with Gasteiger partial charge in [0.2, 0.25) is 0 Å². The van der Waals surface area contributed by atoms with E-state index in [0.717, 1.165) is 43.1 Å². The monoisotopic (exact) mass is 315 g/mol. The van der Waals surface area contributed by atoms with Gasteiger partial charge in [0.15, 0.2) is 0 Å². The van der Waals surface area contributed by atoms with Gasteiger partial charge in [-0.15, -0.1) is 0 Å². The fourth-order valence-electron chi connectivity index (χ4n) is 1.73. The Balaban J connectivity index is 2.62. The summed E-state index contributed by atoms with van der Waals surface area (Å²) < 4.78 is 11.8. The van der Waals surface area contributed by atoms with Crippen LogP contribution in [0.1, 0.15) is 19.4 Å². The van der Waals surface area contributed by atoms with E-state index in [2.05, 4.69) is 33.8 Å². The maximum atomic E-state index is 5.40. The highest BCUT2D eigenvalue weighted by Crippen LogP contribution is 2.23. The Hall–Kier alpha value is -0.580. The molecule has 0 radical (unpaired) electrons. The minimum Gasteiger partial charge on any atom is -0.497 e. The molecule has 0 aliphatic rings. The number of hydrogen-bond donors (Lipinski definition) is 0. The Kier molecular flexibility index (Phi) is 7.32. The van der Waals surface area contributed by atoms with Crippen LogP contribution in [-0.2, 0) is 11.3 Å². The summed E-state index contributed by atoms with van der Waals surface area (Å²) in [5, 5.41) is 0. The first kappa shape index (κ1) is 15.5. The summed E-state index contributed by atoms with van der Waals surface area (Å²) in [5.41, 5.74) is 1.24. The Morgan fingerprint density at radius 2 is 2.06 bits per heavy atom. The van der Waals surface area contributed by atoms with E-state index in [4.69, 9.17) is 9.47 Å². The lowest BCUT2D eigenvalue weighted by Crippen LogP contribution is -2.27. The SMILES string of the molecule is CCOCCN(CC)Cc1cc(OC)ccc1Br. The topological polar surface area (TPSA) is 21.7 Å². The molecule has 1 aromatic carbocycles. The van der Waals surface area contributed by atoms with E-state index in [1.807, 2.05) is 19.1 Å². The fourth-order valence-corrected chi connectivity index (χ4v) is 2.10. The van der Waals surface area contributed by atoms with Crippen molar-refractivity contribution in [3.05, 3.63) is 28.2 Å². The van der Waals surface area contributed by atoms with Crippen LogP contribution in [0.15, 0.2) is 22.7 Å². The molecule has 3 nitrogen and oxygen atoms in total. The van der Waals surface area contributed by atoms with Crippen LogP contribution in [0, 0.1) is 0 Å². The molecule has 1 rings (SSSR count). The van der Waals surface area contributed by atoms with E-state index >= 15 is 0 Å². The number of likely N-dealkylation sites (N-methyl/N-ethyl adjacent to an activating group) is 1. The predicted molar refractivity (Wildman–Crippen MR) is 78.1 cm³/mol. The quantitative estimate of drug-likeness (QED) is 0.687. The Morgan fingerprint density at radius 3 is 2.67 bits per heavy atom. The summed E-state index contributed by atoms with van der Waals surface area (Å²) in [6.07, 6.45) is 0. The molecule has 18 heavy (non-hydrogen) atoms. The van der Waals surface area contributed by atoms with Gasteiger partial charge in [-0.25, -0.2) is 0 Å². The van der Waals surface area contributed by atoms with Gasteiger partial charge in [0.25, 0.3) is 0 Å². The van der Waals surface area contributed by atoms with E-state index < -0.39 is 0 Å². The summed E-state index contributed by atoms with van der Waals surface area (Å²) in [4.78, 5) is 2.36. The maximum absolute atomic E-state index is 5.40. The second kappa shape index (κ2) is 8.51. The van der Waals surface area contributed by atoms with E-state index in [-0.39, 0.29) is 0 Å². The predicted octanol–water partition coefficient (Wildman–Crippen LogP) is 3.32. The average Bonchev–Trinajstić information content (AvgIpc) is 2.40. The zero-order valence-corrected chi connectivity index (χ0v) is 13.0. The Morgan fingerprint density at radius 1 is 1.28 bits per heavy atom. The lowest BCUT2D eigenvalue weighted by atomic mass is 10.2. The van der Waals surface area contributed by atoms with Gasteiger partial charge >= 0.3 is 0 Å². The van der Waals surface area contributed by atoms with Gasteiger partial charge in [-0.1, -0.05) is 22.9 Å². The third kappa shape index (κ3) is 4.96. The first-order valence-corrected chi connectivity index (χ1v) is 7.13. The number of halogens is 1. The van der Waals surface area contributed by atoms with Crippen LogP contribution in [0.2, 0.25) is 0 Å². The summed E-state index contributed by atoms with van der Waals surface area (Å²) in [6.45, 7) is 8.62. The van der Waals surface area contributed by atoms with Crippen molar-refractivity contribution in [3.63, 3.8) is 0 Å². The molecule has 0 aliphatic carbocycles. The first-order valence-electron chi connectivity index (χ1n) is 6.33. The van der Waals surface area contributed by atoms with Gasteiger partial charge in [0, 0.05) is 24.2 Å². The summed E-state index contributed by atoms with van der Waals surface area (Å²) >= 11 is 3.59. The molecule has 0 saturated carbocycles. The molecule has 0 saturated heterocycles. The largest absolute Gasteiger partial charge is 0.497 e. The van der Waals surface area contributed by atoms with Crippen LogP contribution in [0.3, 0.4) is 0 Å². The molecule has 0 aliphatic heterocycles. The first-order chi connectivity index (χ1) is 8.71. The lowest BCUT2D eigenvalue weighted by molar-refractivity contribution is 0.113. The highest BCUT2D eigenvalue weighted by Gasteiger charge is 2.08. The standard InChI is InChI=1S/C14H22BrNO2/c1-4-16(8-9-18-5-2)11-12-10-13(17-3)6-7-14(12)15/h6-7,10H,4-5,8-9,11H2,1-3H3. The minimum absolute atomic E-state index is 0.778. The lowest BCUT2D eigenvalue weighted by Gasteiger charge is -2.21. The second-order valence-corrected chi connectivity index (χ2v) is 4.88. The van der Waals surface area contributed by atoms with Crippen LogP contribution in [0.5, 0.6) is 5.75 Å². The van der Waals surface area contributed by atoms with Crippen molar-refractivity contribution in [1.82, 2.24) is 4.90 Å². The Bertz CT molecular complexity index is 358. The van der Waals surface area contributed by atoms with E-state index in [1.165, 1.54) is 5.56 Å². The van der Waals surface area contributed by atoms with Gasteiger partial charge in [-0.2, -0.15) is 0 Å². The van der Waals surface area contributed by atoms with Gasteiger partial charge in [0.05, 0.1) is 13.7 Å². The minimum atomic E-state index is 0.778. The third-order valence-electron chi connectivity index (χ3n) is 2.85. The average molecular weight is 316 g/mol. The van der Waals surface area contributed by atoms with Gasteiger partial charge < -0.3 is 9.47 Å². The molecular formula is C14H22BrNO2. The number of nitrogens with zero attached hydrogens (tertiary/aromatic N) is 1. The molecule has 0 aromatic heterocycles. The molecule has 0 unspecified atom stereocenters. The van der Waals surface area contributed by atoms with Crippen molar-refractivity contribution in [2.24, 2.45) is 0 Å². The van der Waals surface area contributed by atoms with Crippen LogP contribution in [-0.4, -0.2) is 38.3 Å². The number of methoxy groups -OCH3 is 1. The van der Waals surface area contributed by atoms with Crippen LogP contribution < -0.4 is 4.74 Å². The molecule has 102 valence electrons. The van der Waals surface area contributed by atoms with E-state index in [9.17, 15) is 0 Å². The number of hydrogen-bond acceptors (Lipinski definition) is 3. The van der Waals surface area contributed by atoms with Crippen molar-refractivity contribution < 1.29 is 9.47 Å². The molecular weight excluding hydrogens is 294 g/mol. The van der Waals surface area contributed by atoms with Crippen LogP contribution in [0.4, 0.5) is 0 Å². The van der Waals surface area contributed by atoms with Crippen LogP contribution >= 0.6 is 15.9 Å². The smallest absolute Gasteiger partial charge is 0.119 e. The molecule has 0 fully saturated rings. The molecule has 0 bridgehead atoms.